The second-order valence-corrected chi connectivity index (χ2v) is 5.67. The highest BCUT2D eigenvalue weighted by atomic mass is 16.2. The van der Waals surface area contributed by atoms with Gasteiger partial charge >= 0.3 is 0 Å². The highest BCUT2D eigenvalue weighted by Gasteiger charge is 2.25. The van der Waals surface area contributed by atoms with Crippen molar-refractivity contribution in [3.8, 4) is 0 Å². The van der Waals surface area contributed by atoms with Crippen LogP contribution in [0.3, 0.4) is 0 Å². The van der Waals surface area contributed by atoms with Crippen LogP contribution >= 0.6 is 0 Å². The number of hydrogen-bond donors (Lipinski definition) is 3. The van der Waals surface area contributed by atoms with E-state index in [1.807, 2.05) is 0 Å². The van der Waals surface area contributed by atoms with Gasteiger partial charge in [-0.05, 0) is 19.8 Å². The molecule has 1 heterocycles. The fraction of sp³-hybridized carbons (Fsp3) is 0.500. The number of hydrogen-bond acceptors (Lipinski definition) is 6. The van der Waals surface area contributed by atoms with Crippen LogP contribution in [0.1, 0.15) is 26.2 Å². The van der Waals surface area contributed by atoms with E-state index in [9.17, 15) is 28.8 Å². The van der Waals surface area contributed by atoms with Crippen molar-refractivity contribution in [3.05, 3.63) is 12.2 Å². The van der Waals surface area contributed by atoms with E-state index in [0.717, 1.165) is 17.1 Å². The smallest absolute Gasteiger partial charge is 0.253 e. The maximum Gasteiger partial charge on any atom is 0.253 e. The van der Waals surface area contributed by atoms with Crippen molar-refractivity contribution in [2.24, 2.45) is 0 Å². The number of ketones is 1. The first-order valence-corrected chi connectivity index (χ1v) is 8.12. The Kier molecular flexibility index (Phi) is 8.68. The van der Waals surface area contributed by atoms with E-state index in [1.165, 1.54) is 6.92 Å². The Morgan fingerprint density at radius 1 is 1.19 bits per heavy atom. The number of carbonyl (C=O) groups is 6. The fourth-order valence-electron chi connectivity index (χ4n) is 2.20. The molecule has 5 amide bonds. The zero-order valence-electron chi connectivity index (χ0n) is 14.4. The first kappa shape index (κ1) is 21.0. The second kappa shape index (κ2) is 10.7. The molecule has 0 saturated carbocycles. The number of rotatable bonds is 12. The van der Waals surface area contributed by atoms with Gasteiger partial charge in [0.05, 0.1) is 6.54 Å². The molecule has 1 atom stereocenters. The molecule has 0 aromatic rings. The SMILES string of the molecule is CC(=O)CNC(=O)C(CCCNC=O)NC(=O)CCN1C(=O)C=CC1=O. The summed E-state index contributed by atoms with van der Waals surface area (Å²) in [6.45, 7) is 1.41. The molecule has 0 aromatic carbocycles. The molecule has 142 valence electrons. The summed E-state index contributed by atoms with van der Waals surface area (Å²) in [6, 6.07) is -0.890. The summed E-state index contributed by atoms with van der Waals surface area (Å²) < 4.78 is 0. The molecule has 0 aliphatic carbocycles. The summed E-state index contributed by atoms with van der Waals surface area (Å²) in [5.41, 5.74) is 0. The van der Waals surface area contributed by atoms with Crippen molar-refractivity contribution in [3.63, 3.8) is 0 Å². The quantitative estimate of drug-likeness (QED) is 0.208. The average Bonchev–Trinajstić information content (AvgIpc) is 2.91. The number of Topliss-reactive ketones (excluding diaryl/α,β-unsaturated/α-hetero) is 1. The van der Waals surface area contributed by atoms with Crippen LogP contribution in [0.15, 0.2) is 12.2 Å². The van der Waals surface area contributed by atoms with Gasteiger partial charge in [0.25, 0.3) is 11.8 Å². The number of imide groups is 1. The lowest BCUT2D eigenvalue weighted by atomic mass is 10.1. The molecule has 0 saturated heterocycles. The number of nitrogens with one attached hydrogen (secondary N) is 3. The molecule has 0 fully saturated rings. The van der Waals surface area contributed by atoms with Gasteiger partial charge in [-0.2, -0.15) is 0 Å². The van der Waals surface area contributed by atoms with E-state index in [1.54, 1.807) is 0 Å². The third-order valence-corrected chi connectivity index (χ3v) is 3.52. The molecular weight excluding hydrogens is 344 g/mol. The molecular formula is C16H22N4O6. The molecule has 1 aliphatic heterocycles. The van der Waals surface area contributed by atoms with E-state index in [2.05, 4.69) is 16.0 Å². The van der Waals surface area contributed by atoms with Crippen LogP contribution in [-0.4, -0.2) is 66.4 Å². The summed E-state index contributed by atoms with van der Waals surface area (Å²) in [5.74, 6) is -2.24. The van der Waals surface area contributed by atoms with E-state index < -0.39 is 29.7 Å². The van der Waals surface area contributed by atoms with Crippen molar-refractivity contribution in [2.75, 3.05) is 19.6 Å². The highest BCUT2D eigenvalue weighted by Crippen LogP contribution is 2.05. The maximum absolute atomic E-state index is 12.1. The summed E-state index contributed by atoms with van der Waals surface area (Å²) in [5, 5.41) is 7.39. The van der Waals surface area contributed by atoms with Gasteiger partial charge in [-0.25, -0.2) is 0 Å². The molecule has 1 rings (SSSR count). The monoisotopic (exact) mass is 366 g/mol. The van der Waals surface area contributed by atoms with Crippen LogP contribution in [0, 0.1) is 0 Å². The van der Waals surface area contributed by atoms with Gasteiger partial charge in [0.15, 0.2) is 0 Å². The minimum Gasteiger partial charge on any atom is -0.359 e. The Labute approximate surface area is 150 Å². The molecule has 10 nitrogen and oxygen atoms in total. The molecule has 0 bridgehead atoms. The summed E-state index contributed by atoms with van der Waals surface area (Å²) in [4.78, 5) is 69.2. The number of nitrogens with zero attached hydrogens (tertiary/aromatic N) is 1. The fourth-order valence-corrected chi connectivity index (χ4v) is 2.20. The van der Waals surface area contributed by atoms with Crippen LogP contribution in [0.5, 0.6) is 0 Å². The van der Waals surface area contributed by atoms with Gasteiger partial charge in [0, 0.05) is 31.7 Å². The van der Waals surface area contributed by atoms with Crippen molar-refractivity contribution in [1.82, 2.24) is 20.9 Å². The normalized spacial score (nSPS) is 14.1. The summed E-state index contributed by atoms with van der Waals surface area (Å²) >= 11 is 0. The van der Waals surface area contributed by atoms with Crippen molar-refractivity contribution < 1.29 is 28.8 Å². The molecule has 1 unspecified atom stereocenters. The van der Waals surface area contributed by atoms with Crippen molar-refractivity contribution >= 4 is 35.8 Å². The minimum atomic E-state index is -0.890. The Hall–Kier alpha value is -3.04. The Morgan fingerprint density at radius 2 is 1.85 bits per heavy atom. The maximum atomic E-state index is 12.1. The van der Waals surface area contributed by atoms with Crippen LogP contribution in [-0.2, 0) is 28.8 Å². The zero-order chi connectivity index (χ0) is 19.5. The average molecular weight is 366 g/mol. The lowest BCUT2D eigenvalue weighted by molar-refractivity contribution is -0.137. The second-order valence-electron chi connectivity index (χ2n) is 5.67. The van der Waals surface area contributed by atoms with Crippen molar-refractivity contribution in [1.29, 1.82) is 0 Å². The Morgan fingerprint density at radius 3 is 2.42 bits per heavy atom. The molecule has 10 heteroatoms. The van der Waals surface area contributed by atoms with Gasteiger partial charge in [0.2, 0.25) is 18.2 Å². The first-order valence-electron chi connectivity index (χ1n) is 8.12. The van der Waals surface area contributed by atoms with Crippen LogP contribution in [0.2, 0.25) is 0 Å². The Bertz CT molecular complexity index is 598. The van der Waals surface area contributed by atoms with Gasteiger partial charge in [-0.3, -0.25) is 33.7 Å². The molecule has 26 heavy (non-hydrogen) atoms. The van der Waals surface area contributed by atoms with Gasteiger partial charge in [0.1, 0.15) is 11.8 Å². The predicted molar refractivity (Wildman–Crippen MR) is 89.4 cm³/mol. The lowest BCUT2D eigenvalue weighted by Crippen LogP contribution is -2.48. The zero-order valence-corrected chi connectivity index (χ0v) is 14.4. The van der Waals surface area contributed by atoms with E-state index in [0.29, 0.717) is 19.4 Å². The molecule has 0 spiro atoms. The summed E-state index contributed by atoms with van der Waals surface area (Å²) in [7, 11) is 0. The predicted octanol–water partition coefficient (Wildman–Crippen LogP) is -1.98. The van der Waals surface area contributed by atoms with E-state index in [4.69, 9.17) is 0 Å². The molecule has 0 aromatic heterocycles. The summed E-state index contributed by atoms with van der Waals surface area (Å²) in [6.07, 6.45) is 3.31. The highest BCUT2D eigenvalue weighted by molar-refractivity contribution is 6.13. The van der Waals surface area contributed by atoms with Gasteiger partial charge < -0.3 is 16.0 Å². The number of carbonyl (C=O) groups excluding carboxylic acids is 6. The Balaban J connectivity index is 2.52. The third kappa shape index (κ3) is 7.24. The van der Waals surface area contributed by atoms with Gasteiger partial charge in [-0.1, -0.05) is 0 Å². The number of amides is 5. The van der Waals surface area contributed by atoms with Crippen LogP contribution in [0.4, 0.5) is 0 Å². The van der Waals surface area contributed by atoms with Gasteiger partial charge in [-0.15, -0.1) is 0 Å². The van der Waals surface area contributed by atoms with E-state index in [-0.39, 0.29) is 31.7 Å². The third-order valence-electron chi connectivity index (χ3n) is 3.52. The minimum absolute atomic E-state index is 0.0923. The molecule has 3 N–H and O–H groups in total. The topological polar surface area (TPSA) is 142 Å². The molecule has 0 radical (unpaired) electrons. The lowest BCUT2D eigenvalue weighted by Gasteiger charge is -2.19. The standard InChI is InChI=1S/C16H22N4O6/c1-11(22)9-18-16(26)12(3-2-7-17-10-21)19-13(23)6-8-20-14(24)4-5-15(20)25/h4-5,10,12H,2-3,6-9H2,1H3,(H,17,21)(H,18,26)(H,19,23). The first-order chi connectivity index (χ1) is 12.3. The van der Waals surface area contributed by atoms with E-state index >= 15 is 0 Å². The van der Waals surface area contributed by atoms with Crippen LogP contribution < -0.4 is 16.0 Å². The molecule has 1 aliphatic rings. The van der Waals surface area contributed by atoms with Crippen LogP contribution in [0.25, 0.3) is 0 Å². The largest absolute Gasteiger partial charge is 0.359 e. The van der Waals surface area contributed by atoms with Crippen molar-refractivity contribution in [2.45, 2.75) is 32.2 Å².